The summed E-state index contributed by atoms with van der Waals surface area (Å²) in [6, 6.07) is 4.57. The summed E-state index contributed by atoms with van der Waals surface area (Å²) in [4.78, 5) is 4.06. The predicted molar refractivity (Wildman–Crippen MR) is 57.5 cm³/mol. The molecule has 1 aromatic rings. The van der Waals surface area contributed by atoms with Crippen molar-refractivity contribution in [2.24, 2.45) is 11.8 Å². The van der Waals surface area contributed by atoms with E-state index in [1.807, 2.05) is 12.1 Å². The SMILES string of the molecule is Clc1ncccc1NC1CCC2CC21. The second-order valence-corrected chi connectivity index (χ2v) is 4.69. The highest BCUT2D eigenvalue weighted by Gasteiger charge is 2.47. The number of halogens is 1. The number of nitrogens with one attached hydrogen (secondary N) is 1. The summed E-state index contributed by atoms with van der Waals surface area (Å²) in [7, 11) is 0. The van der Waals surface area contributed by atoms with Crippen LogP contribution in [0.2, 0.25) is 5.15 Å². The second kappa shape index (κ2) is 3.13. The Morgan fingerprint density at radius 3 is 3.00 bits per heavy atom. The summed E-state index contributed by atoms with van der Waals surface area (Å²) in [6.45, 7) is 0. The molecule has 3 rings (SSSR count). The first-order chi connectivity index (χ1) is 6.84. The van der Waals surface area contributed by atoms with Gasteiger partial charge in [-0.15, -0.1) is 0 Å². The quantitative estimate of drug-likeness (QED) is 0.756. The van der Waals surface area contributed by atoms with Crippen LogP contribution >= 0.6 is 11.6 Å². The van der Waals surface area contributed by atoms with Gasteiger partial charge in [-0.05, 0) is 43.2 Å². The molecule has 2 fully saturated rings. The molecule has 0 saturated heterocycles. The van der Waals surface area contributed by atoms with Gasteiger partial charge in [0.05, 0.1) is 5.69 Å². The minimum absolute atomic E-state index is 0.594. The number of rotatable bonds is 2. The third-order valence-corrected chi connectivity index (χ3v) is 3.74. The van der Waals surface area contributed by atoms with Crippen molar-refractivity contribution >= 4 is 17.3 Å². The Bertz CT molecular complexity index is 353. The Hall–Kier alpha value is -0.760. The maximum atomic E-state index is 5.99. The van der Waals surface area contributed by atoms with E-state index in [-0.39, 0.29) is 0 Å². The van der Waals surface area contributed by atoms with E-state index in [0.29, 0.717) is 11.2 Å². The zero-order valence-corrected chi connectivity index (χ0v) is 8.67. The van der Waals surface area contributed by atoms with Gasteiger partial charge in [0.1, 0.15) is 0 Å². The number of pyridine rings is 1. The number of nitrogens with zero attached hydrogens (tertiary/aromatic N) is 1. The smallest absolute Gasteiger partial charge is 0.152 e. The number of anilines is 1. The van der Waals surface area contributed by atoms with Gasteiger partial charge in [-0.25, -0.2) is 4.98 Å². The third kappa shape index (κ3) is 1.38. The molecule has 0 spiro atoms. The predicted octanol–water partition coefficient (Wildman–Crippen LogP) is 2.95. The lowest BCUT2D eigenvalue weighted by Gasteiger charge is -2.15. The van der Waals surface area contributed by atoms with Gasteiger partial charge in [-0.2, -0.15) is 0 Å². The zero-order chi connectivity index (χ0) is 9.54. The molecule has 3 unspecified atom stereocenters. The van der Waals surface area contributed by atoms with Crippen LogP contribution in [0.1, 0.15) is 19.3 Å². The van der Waals surface area contributed by atoms with Crippen LogP contribution < -0.4 is 5.32 Å². The number of fused-ring (bicyclic) bond motifs is 1. The van der Waals surface area contributed by atoms with Crippen molar-refractivity contribution in [2.45, 2.75) is 25.3 Å². The van der Waals surface area contributed by atoms with Crippen LogP contribution in [0.5, 0.6) is 0 Å². The maximum absolute atomic E-state index is 5.99. The van der Waals surface area contributed by atoms with Gasteiger partial charge in [0.2, 0.25) is 0 Å². The van der Waals surface area contributed by atoms with Crippen molar-refractivity contribution in [2.75, 3.05) is 5.32 Å². The molecule has 1 heterocycles. The highest BCUT2D eigenvalue weighted by molar-refractivity contribution is 6.31. The van der Waals surface area contributed by atoms with Crippen LogP contribution in [-0.2, 0) is 0 Å². The van der Waals surface area contributed by atoms with E-state index in [0.717, 1.165) is 17.5 Å². The molecule has 0 amide bonds. The molecule has 2 saturated carbocycles. The van der Waals surface area contributed by atoms with Gasteiger partial charge in [-0.3, -0.25) is 0 Å². The summed E-state index contributed by atoms with van der Waals surface area (Å²) >= 11 is 5.99. The first-order valence-corrected chi connectivity index (χ1v) is 5.59. The van der Waals surface area contributed by atoms with Gasteiger partial charge in [0.15, 0.2) is 5.15 Å². The summed E-state index contributed by atoms with van der Waals surface area (Å²) in [6.07, 6.45) is 5.82. The van der Waals surface area contributed by atoms with Gasteiger partial charge < -0.3 is 5.32 Å². The lowest BCUT2D eigenvalue weighted by molar-refractivity contribution is 0.654. The Morgan fingerprint density at radius 1 is 1.43 bits per heavy atom. The Balaban J connectivity index is 1.74. The van der Waals surface area contributed by atoms with Crippen molar-refractivity contribution in [1.29, 1.82) is 0 Å². The number of hydrogen-bond donors (Lipinski definition) is 1. The standard InChI is InChI=1S/C11H13ClN2/c12-11-10(2-1-5-13-11)14-9-4-3-7-6-8(7)9/h1-2,5,7-9,14H,3-4,6H2. The molecular formula is C11H13ClN2. The fourth-order valence-corrected chi connectivity index (χ4v) is 2.75. The van der Waals surface area contributed by atoms with Crippen LogP contribution in [0.15, 0.2) is 18.3 Å². The van der Waals surface area contributed by atoms with Crippen LogP contribution in [0.3, 0.4) is 0 Å². The van der Waals surface area contributed by atoms with E-state index in [1.165, 1.54) is 19.3 Å². The summed E-state index contributed by atoms with van der Waals surface area (Å²) in [5.74, 6) is 1.91. The highest BCUT2D eigenvalue weighted by atomic mass is 35.5. The molecule has 0 radical (unpaired) electrons. The van der Waals surface area contributed by atoms with Gasteiger partial charge >= 0.3 is 0 Å². The fraction of sp³-hybridized carbons (Fsp3) is 0.545. The molecule has 0 aromatic carbocycles. The minimum atomic E-state index is 0.594. The molecule has 2 nitrogen and oxygen atoms in total. The van der Waals surface area contributed by atoms with E-state index in [9.17, 15) is 0 Å². The molecule has 3 atom stereocenters. The summed E-state index contributed by atoms with van der Waals surface area (Å²) in [5, 5.41) is 4.10. The maximum Gasteiger partial charge on any atom is 0.152 e. The Labute approximate surface area is 88.7 Å². The first kappa shape index (κ1) is 8.54. The van der Waals surface area contributed by atoms with Gasteiger partial charge in [0, 0.05) is 12.2 Å². The molecular weight excluding hydrogens is 196 g/mol. The highest BCUT2D eigenvalue weighted by Crippen LogP contribution is 2.52. The van der Waals surface area contributed by atoms with Crippen molar-refractivity contribution < 1.29 is 0 Å². The molecule has 1 N–H and O–H groups in total. The van der Waals surface area contributed by atoms with Crippen LogP contribution in [0.4, 0.5) is 5.69 Å². The van der Waals surface area contributed by atoms with E-state index >= 15 is 0 Å². The topological polar surface area (TPSA) is 24.9 Å². The van der Waals surface area contributed by atoms with Crippen molar-refractivity contribution in [3.8, 4) is 0 Å². The van der Waals surface area contributed by atoms with Crippen LogP contribution in [0, 0.1) is 11.8 Å². The summed E-state index contributed by atoms with van der Waals surface area (Å²) < 4.78 is 0. The molecule has 74 valence electrons. The van der Waals surface area contributed by atoms with Crippen LogP contribution in [0.25, 0.3) is 0 Å². The average molecular weight is 209 g/mol. The summed E-state index contributed by atoms with van der Waals surface area (Å²) in [5.41, 5.74) is 0.992. The van der Waals surface area contributed by atoms with Gasteiger partial charge in [-0.1, -0.05) is 11.6 Å². The van der Waals surface area contributed by atoms with E-state index in [1.54, 1.807) is 6.20 Å². The molecule has 3 heteroatoms. The van der Waals surface area contributed by atoms with Crippen molar-refractivity contribution in [3.05, 3.63) is 23.5 Å². The zero-order valence-electron chi connectivity index (χ0n) is 7.91. The monoisotopic (exact) mass is 208 g/mol. The fourth-order valence-electron chi connectivity index (χ4n) is 2.58. The van der Waals surface area contributed by atoms with E-state index in [4.69, 9.17) is 11.6 Å². The number of aromatic nitrogens is 1. The largest absolute Gasteiger partial charge is 0.380 e. The van der Waals surface area contributed by atoms with Crippen LogP contribution in [-0.4, -0.2) is 11.0 Å². The van der Waals surface area contributed by atoms with Crippen molar-refractivity contribution in [1.82, 2.24) is 4.98 Å². The van der Waals surface area contributed by atoms with E-state index < -0.39 is 0 Å². The van der Waals surface area contributed by atoms with Crippen molar-refractivity contribution in [3.63, 3.8) is 0 Å². The molecule has 14 heavy (non-hydrogen) atoms. The molecule has 0 aliphatic heterocycles. The molecule has 0 bridgehead atoms. The third-order valence-electron chi connectivity index (χ3n) is 3.44. The lowest BCUT2D eigenvalue weighted by atomic mass is 10.1. The first-order valence-electron chi connectivity index (χ1n) is 5.21. The normalized spacial score (nSPS) is 33.9. The second-order valence-electron chi connectivity index (χ2n) is 4.33. The lowest BCUT2D eigenvalue weighted by Crippen LogP contribution is -2.19. The van der Waals surface area contributed by atoms with Gasteiger partial charge in [0.25, 0.3) is 0 Å². The molecule has 2 aliphatic carbocycles. The number of hydrogen-bond acceptors (Lipinski definition) is 2. The Kier molecular flexibility index (Phi) is 1.91. The Morgan fingerprint density at radius 2 is 2.36 bits per heavy atom. The molecule has 1 aromatic heterocycles. The average Bonchev–Trinajstić information content (AvgIpc) is 2.87. The van der Waals surface area contributed by atoms with E-state index in [2.05, 4.69) is 10.3 Å². The molecule has 2 aliphatic rings. The minimum Gasteiger partial charge on any atom is -0.380 e.